The van der Waals surface area contributed by atoms with Gasteiger partial charge in [-0.3, -0.25) is 0 Å². The Morgan fingerprint density at radius 2 is 0.690 bits per heavy atom. The first-order chi connectivity index (χ1) is 27.9. The molecule has 0 spiro atoms. The normalized spacial score (nSPS) is 17.9. The average molecular weight is 803 g/mol. The van der Waals surface area contributed by atoms with Gasteiger partial charge in [0.25, 0.3) is 0 Å². The summed E-state index contributed by atoms with van der Waals surface area (Å²) in [6.45, 7) is 8.75. The summed E-state index contributed by atoms with van der Waals surface area (Å²) in [5.41, 5.74) is 2.92. The van der Waals surface area contributed by atoms with Gasteiger partial charge in [-0.15, -0.1) is 0 Å². The van der Waals surface area contributed by atoms with Crippen LogP contribution < -0.4 is 14.2 Å². The number of hydrogen-bond acceptors (Lipinski definition) is 6. The first-order valence-corrected chi connectivity index (χ1v) is 23.1. The van der Waals surface area contributed by atoms with Crippen LogP contribution in [0.4, 0.5) is 0 Å². The van der Waals surface area contributed by atoms with E-state index in [1.54, 1.807) is 0 Å². The number of hydrogen-bond donors (Lipinski definition) is 3. The fourth-order valence-electron chi connectivity index (χ4n) is 8.46. The quantitative estimate of drug-likeness (QED) is 0.119. The van der Waals surface area contributed by atoms with E-state index in [-0.39, 0.29) is 25.7 Å². The molecule has 0 radical (unpaired) electrons. The highest BCUT2D eigenvalue weighted by molar-refractivity contribution is 5.31. The molecule has 3 N–H and O–H groups in total. The summed E-state index contributed by atoms with van der Waals surface area (Å²) in [5, 5.41) is 30.0. The molecule has 1 unspecified atom stereocenters. The highest BCUT2D eigenvalue weighted by Crippen LogP contribution is 2.29. The SMILES string of the molecule is C.CCCC(O)c1cccc(OCC2CCCCC2)c1.CCC[C@@H](O)c1cccc(OCC2CCCCC2)c1.CCC[C@H](O)c1cccc(OCC2CCCCC2)c1. The summed E-state index contributed by atoms with van der Waals surface area (Å²) in [4.78, 5) is 0. The molecule has 3 fully saturated rings. The van der Waals surface area contributed by atoms with Gasteiger partial charge in [0.05, 0.1) is 38.1 Å². The minimum Gasteiger partial charge on any atom is -0.493 e. The lowest BCUT2D eigenvalue weighted by atomic mass is 9.90. The van der Waals surface area contributed by atoms with Crippen LogP contribution in [0.3, 0.4) is 0 Å². The topological polar surface area (TPSA) is 88.4 Å². The van der Waals surface area contributed by atoms with Crippen LogP contribution in [0.5, 0.6) is 17.2 Å². The number of aliphatic hydroxyl groups excluding tert-OH is 3. The van der Waals surface area contributed by atoms with Crippen LogP contribution in [-0.4, -0.2) is 35.1 Å². The predicted octanol–water partition coefficient (Wildman–Crippen LogP) is 14.1. The third kappa shape index (κ3) is 18.9. The standard InChI is InChI=1S/3C17H26O2.CH4/c3*1-2-7-17(18)15-10-6-11-16(12-15)19-13-14-8-4-3-5-9-14;/h3*6,10-12,14,17-18H,2-5,7-9,13H2,1H3;1H4/t2*17-;;/m10../s1. The summed E-state index contributed by atoms with van der Waals surface area (Å²) in [7, 11) is 0. The monoisotopic (exact) mass is 803 g/mol. The van der Waals surface area contributed by atoms with Crippen molar-refractivity contribution in [3.8, 4) is 17.2 Å². The van der Waals surface area contributed by atoms with E-state index >= 15 is 0 Å². The summed E-state index contributed by atoms with van der Waals surface area (Å²) >= 11 is 0. The van der Waals surface area contributed by atoms with Crippen LogP contribution in [0.2, 0.25) is 0 Å². The summed E-state index contributed by atoms with van der Waals surface area (Å²) in [6.07, 6.45) is 24.4. The Morgan fingerprint density at radius 1 is 0.431 bits per heavy atom. The minimum atomic E-state index is -0.358. The van der Waals surface area contributed by atoms with Crippen molar-refractivity contribution in [2.75, 3.05) is 19.8 Å². The molecular weight excluding hydrogens is 721 g/mol. The lowest BCUT2D eigenvalue weighted by molar-refractivity contribution is 0.165. The maximum atomic E-state index is 10.0. The fraction of sp³-hybridized carbons (Fsp3) is 0.654. The molecule has 0 aliphatic heterocycles. The molecule has 6 nitrogen and oxygen atoms in total. The molecule has 3 aliphatic carbocycles. The first-order valence-electron chi connectivity index (χ1n) is 23.1. The van der Waals surface area contributed by atoms with Crippen LogP contribution >= 0.6 is 0 Å². The van der Waals surface area contributed by atoms with Gasteiger partial charge in [-0.1, -0.05) is 142 Å². The Bertz CT molecular complexity index is 1280. The van der Waals surface area contributed by atoms with Gasteiger partial charge in [-0.25, -0.2) is 0 Å². The van der Waals surface area contributed by atoms with E-state index in [2.05, 4.69) is 20.8 Å². The van der Waals surface area contributed by atoms with Gasteiger partial charge < -0.3 is 29.5 Å². The molecule has 0 bridgehead atoms. The molecule has 0 aromatic heterocycles. The summed E-state index contributed by atoms with van der Waals surface area (Å²) < 4.78 is 17.7. The molecule has 0 heterocycles. The summed E-state index contributed by atoms with van der Waals surface area (Å²) in [5.74, 6) is 4.86. The molecule has 3 saturated carbocycles. The lowest BCUT2D eigenvalue weighted by Crippen LogP contribution is -2.15. The minimum absolute atomic E-state index is 0. The maximum absolute atomic E-state index is 10.0. The Kier molecular flexibility index (Phi) is 24.8. The third-order valence-electron chi connectivity index (χ3n) is 12.0. The van der Waals surface area contributed by atoms with E-state index in [0.29, 0.717) is 0 Å². The largest absolute Gasteiger partial charge is 0.493 e. The second kappa shape index (κ2) is 29.2. The van der Waals surface area contributed by atoms with Crippen molar-refractivity contribution in [1.82, 2.24) is 0 Å². The fourth-order valence-corrected chi connectivity index (χ4v) is 8.46. The number of rotatable bonds is 18. The number of benzene rings is 3. The highest BCUT2D eigenvalue weighted by atomic mass is 16.5. The Labute approximate surface area is 354 Å². The van der Waals surface area contributed by atoms with Gasteiger partial charge in [0.1, 0.15) is 17.2 Å². The number of ether oxygens (including phenoxy) is 3. The Hall–Kier alpha value is -3.06. The molecule has 6 rings (SSSR count). The smallest absolute Gasteiger partial charge is 0.119 e. The predicted molar refractivity (Wildman–Crippen MR) is 242 cm³/mol. The maximum Gasteiger partial charge on any atom is 0.119 e. The van der Waals surface area contributed by atoms with Crippen molar-refractivity contribution in [2.24, 2.45) is 17.8 Å². The van der Waals surface area contributed by atoms with Crippen LogP contribution in [-0.2, 0) is 0 Å². The Morgan fingerprint density at radius 3 is 0.931 bits per heavy atom. The van der Waals surface area contributed by atoms with Gasteiger partial charge >= 0.3 is 0 Å². The molecule has 326 valence electrons. The molecule has 3 aromatic rings. The lowest BCUT2D eigenvalue weighted by Gasteiger charge is -2.22. The number of aliphatic hydroxyl groups is 3. The van der Waals surface area contributed by atoms with Crippen molar-refractivity contribution >= 4 is 0 Å². The average Bonchev–Trinajstić information content (AvgIpc) is 3.26. The zero-order valence-corrected chi connectivity index (χ0v) is 35.9. The van der Waals surface area contributed by atoms with E-state index in [1.807, 2.05) is 72.8 Å². The molecule has 3 atom stereocenters. The van der Waals surface area contributed by atoms with Crippen LogP contribution in [0.25, 0.3) is 0 Å². The highest BCUT2D eigenvalue weighted by Gasteiger charge is 2.17. The Balaban J connectivity index is 0.000000231. The van der Waals surface area contributed by atoms with Crippen molar-refractivity contribution < 1.29 is 29.5 Å². The van der Waals surface area contributed by atoms with Crippen LogP contribution in [0.1, 0.15) is 198 Å². The zero-order chi connectivity index (χ0) is 40.5. The molecule has 6 heteroatoms. The van der Waals surface area contributed by atoms with Gasteiger partial charge in [-0.2, -0.15) is 0 Å². The first kappa shape index (κ1) is 49.3. The molecule has 0 amide bonds. The van der Waals surface area contributed by atoms with Gasteiger partial charge in [0.2, 0.25) is 0 Å². The van der Waals surface area contributed by atoms with Crippen molar-refractivity contribution in [1.29, 1.82) is 0 Å². The van der Waals surface area contributed by atoms with Crippen LogP contribution in [0, 0.1) is 17.8 Å². The third-order valence-corrected chi connectivity index (χ3v) is 12.0. The van der Waals surface area contributed by atoms with E-state index < -0.39 is 0 Å². The molecular formula is C52H82O6. The van der Waals surface area contributed by atoms with Crippen LogP contribution in [0.15, 0.2) is 72.8 Å². The van der Waals surface area contributed by atoms with Gasteiger partial charge in [-0.05, 0) is 129 Å². The molecule has 3 aliphatic rings. The van der Waals surface area contributed by atoms with Crippen molar-refractivity contribution in [3.63, 3.8) is 0 Å². The molecule has 3 aromatic carbocycles. The van der Waals surface area contributed by atoms with E-state index in [0.717, 1.165) is 110 Å². The van der Waals surface area contributed by atoms with E-state index in [1.165, 1.54) is 96.3 Å². The van der Waals surface area contributed by atoms with E-state index in [4.69, 9.17) is 14.2 Å². The second-order valence-electron chi connectivity index (χ2n) is 17.1. The molecule has 58 heavy (non-hydrogen) atoms. The second-order valence-corrected chi connectivity index (χ2v) is 17.1. The summed E-state index contributed by atoms with van der Waals surface area (Å²) in [6, 6.07) is 23.8. The van der Waals surface area contributed by atoms with E-state index in [9.17, 15) is 15.3 Å². The zero-order valence-electron chi connectivity index (χ0n) is 35.9. The molecule has 0 saturated heterocycles. The van der Waals surface area contributed by atoms with Gasteiger partial charge in [0.15, 0.2) is 0 Å². The van der Waals surface area contributed by atoms with Crippen molar-refractivity contribution in [3.05, 3.63) is 89.5 Å². The van der Waals surface area contributed by atoms with Crippen molar-refractivity contribution in [2.45, 2.75) is 181 Å². The van der Waals surface area contributed by atoms with Gasteiger partial charge in [0, 0.05) is 0 Å².